The van der Waals surface area contributed by atoms with Crippen LogP contribution in [0.15, 0.2) is 42.5 Å². The van der Waals surface area contributed by atoms with E-state index in [1.165, 1.54) is 4.90 Å². The van der Waals surface area contributed by atoms with E-state index >= 15 is 0 Å². The molecule has 0 saturated heterocycles. The molecule has 2 atom stereocenters. The number of hydrogen-bond donors (Lipinski definition) is 3. The van der Waals surface area contributed by atoms with E-state index < -0.39 is 35.6 Å². The van der Waals surface area contributed by atoms with E-state index in [9.17, 15) is 19.5 Å². The first-order valence-electron chi connectivity index (χ1n) is 11.9. The minimum absolute atomic E-state index is 0.0383. The van der Waals surface area contributed by atoms with E-state index in [0.29, 0.717) is 16.8 Å². The van der Waals surface area contributed by atoms with E-state index in [2.05, 4.69) is 10.6 Å². The number of benzene rings is 2. The summed E-state index contributed by atoms with van der Waals surface area (Å²) < 4.78 is 5.29. The van der Waals surface area contributed by atoms with Gasteiger partial charge in [0.2, 0.25) is 5.91 Å². The van der Waals surface area contributed by atoms with Crippen LogP contribution in [-0.4, -0.2) is 45.6 Å². The van der Waals surface area contributed by atoms with Gasteiger partial charge in [0, 0.05) is 17.3 Å². The summed E-state index contributed by atoms with van der Waals surface area (Å²) in [4.78, 5) is 41.2. The molecule has 1 aliphatic carbocycles. The third kappa shape index (κ3) is 6.53. The molecule has 0 aromatic heterocycles. The number of para-hydroxylation sites is 2. The highest BCUT2D eigenvalue weighted by atomic mass is 16.6. The Labute approximate surface area is 206 Å². The highest BCUT2D eigenvalue weighted by Gasteiger charge is 2.44. The van der Waals surface area contributed by atoms with Gasteiger partial charge in [0.15, 0.2) is 0 Å². The number of phenolic OH excluding ortho intramolecular Hbond substituents is 1. The quantitative estimate of drug-likeness (QED) is 0.536. The number of aromatic hydroxyl groups is 1. The molecule has 2 aromatic rings. The first kappa shape index (κ1) is 26.1. The van der Waals surface area contributed by atoms with Gasteiger partial charge in [-0.05, 0) is 71.6 Å². The standard InChI is InChI=1S/C27H35N3O5/c1-16-10-7-8-13-21(16)29-24(32)22(20-12-9-11-17(2)23(20)31)30(19-14-15-19)25(33)18(3)28-26(34)35-27(4,5)6/h7-13,18-19,22,31H,14-15H2,1-6H3,(H,28,34)(H,29,32). The van der Waals surface area contributed by atoms with Crippen molar-refractivity contribution in [2.45, 2.75) is 78.1 Å². The van der Waals surface area contributed by atoms with Crippen LogP contribution in [0.1, 0.15) is 63.3 Å². The Kier molecular flexibility index (Phi) is 7.73. The van der Waals surface area contributed by atoms with E-state index in [-0.39, 0.29) is 11.8 Å². The first-order valence-corrected chi connectivity index (χ1v) is 11.9. The molecule has 0 heterocycles. The molecule has 2 unspecified atom stereocenters. The summed E-state index contributed by atoms with van der Waals surface area (Å²) >= 11 is 0. The number of ether oxygens (including phenoxy) is 1. The van der Waals surface area contributed by atoms with Gasteiger partial charge in [-0.3, -0.25) is 9.59 Å². The number of aryl methyl sites for hydroxylation is 2. The minimum atomic E-state index is -1.09. The largest absolute Gasteiger partial charge is 0.507 e. The third-order valence-corrected chi connectivity index (χ3v) is 5.79. The number of phenols is 1. The molecule has 8 heteroatoms. The molecule has 1 saturated carbocycles. The topological polar surface area (TPSA) is 108 Å². The zero-order valence-corrected chi connectivity index (χ0v) is 21.2. The van der Waals surface area contributed by atoms with Crippen molar-refractivity contribution >= 4 is 23.6 Å². The average molecular weight is 482 g/mol. The van der Waals surface area contributed by atoms with Crippen LogP contribution in [0.25, 0.3) is 0 Å². The Morgan fingerprint density at radius 3 is 2.26 bits per heavy atom. The van der Waals surface area contributed by atoms with Crippen molar-refractivity contribution in [2.75, 3.05) is 5.32 Å². The van der Waals surface area contributed by atoms with Crippen LogP contribution in [0.3, 0.4) is 0 Å². The number of nitrogens with zero attached hydrogens (tertiary/aromatic N) is 1. The Morgan fingerprint density at radius 1 is 1.03 bits per heavy atom. The number of carbonyl (C=O) groups is 3. The van der Waals surface area contributed by atoms with Gasteiger partial charge < -0.3 is 25.4 Å². The van der Waals surface area contributed by atoms with Gasteiger partial charge in [-0.1, -0.05) is 36.4 Å². The van der Waals surface area contributed by atoms with Crippen molar-refractivity contribution in [1.29, 1.82) is 0 Å². The summed E-state index contributed by atoms with van der Waals surface area (Å²) in [5.41, 5.74) is 1.71. The van der Waals surface area contributed by atoms with E-state index in [1.54, 1.807) is 58.9 Å². The van der Waals surface area contributed by atoms with Crippen LogP contribution in [0.4, 0.5) is 10.5 Å². The molecule has 0 bridgehead atoms. The molecule has 8 nitrogen and oxygen atoms in total. The zero-order chi connectivity index (χ0) is 25.9. The molecule has 0 radical (unpaired) electrons. The van der Waals surface area contributed by atoms with Gasteiger partial charge in [0.25, 0.3) is 5.91 Å². The van der Waals surface area contributed by atoms with Crippen LogP contribution in [0.2, 0.25) is 0 Å². The normalized spacial score (nSPS) is 15.0. The second-order valence-corrected chi connectivity index (χ2v) is 10.1. The smallest absolute Gasteiger partial charge is 0.408 e. The summed E-state index contributed by atoms with van der Waals surface area (Å²) in [5, 5.41) is 16.4. The molecule has 3 amide bonds. The van der Waals surface area contributed by atoms with Crippen molar-refractivity contribution in [1.82, 2.24) is 10.2 Å². The molecule has 0 spiro atoms. The van der Waals surface area contributed by atoms with Crippen LogP contribution < -0.4 is 10.6 Å². The molecular formula is C27H35N3O5. The van der Waals surface area contributed by atoms with Crippen molar-refractivity contribution in [2.24, 2.45) is 0 Å². The van der Waals surface area contributed by atoms with E-state index in [4.69, 9.17) is 4.74 Å². The van der Waals surface area contributed by atoms with Crippen molar-refractivity contribution in [3.63, 3.8) is 0 Å². The van der Waals surface area contributed by atoms with Crippen LogP contribution in [-0.2, 0) is 14.3 Å². The Bertz CT molecular complexity index is 1100. The lowest BCUT2D eigenvalue weighted by Crippen LogP contribution is -2.52. The minimum Gasteiger partial charge on any atom is -0.507 e. The lowest BCUT2D eigenvalue weighted by atomic mass is 9.99. The maximum Gasteiger partial charge on any atom is 0.408 e. The number of hydrogen-bond acceptors (Lipinski definition) is 5. The van der Waals surface area contributed by atoms with Crippen molar-refractivity contribution in [3.05, 3.63) is 59.2 Å². The highest BCUT2D eigenvalue weighted by Crippen LogP contribution is 2.39. The fraction of sp³-hybridized carbons (Fsp3) is 0.444. The SMILES string of the molecule is Cc1ccccc1NC(=O)C(c1cccc(C)c1O)N(C(=O)C(C)NC(=O)OC(C)(C)C)C1CC1. The zero-order valence-electron chi connectivity index (χ0n) is 21.2. The Balaban J connectivity index is 1.97. The molecule has 2 aromatic carbocycles. The van der Waals surface area contributed by atoms with Crippen LogP contribution in [0.5, 0.6) is 5.75 Å². The van der Waals surface area contributed by atoms with Gasteiger partial charge >= 0.3 is 6.09 Å². The van der Waals surface area contributed by atoms with Crippen LogP contribution >= 0.6 is 0 Å². The van der Waals surface area contributed by atoms with E-state index in [1.807, 2.05) is 25.1 Å². The second kappa shape index (κ2) is 10.4. The molecular weight excluding hydrogens is 446 g/mol. The number of alkyl carbamates (subject to hydrolysis) is 1. The first-order chi connectivity index (χ1) is 16.4. The Hall–Kier alpha value is -3.55. The van der Waals surface area contributed by atoms with Gasteiger partial charge in [-0.2, -0.15) is 0 Å². The molecule has 3 rings (SSSR count). The van der Waals surface area contributed by atoms with Gasteiger partial charge in [-0.25, -0.2) is 4.79 Å². The number of rotatable bonds is 7. The lowest BCUT2D eigenvalue weighted by molar-refractivity contribution is -0.141. The number of anilines is 1. The summed E-state index contributed by atoms with van der Waals surface area (Å²) in [6.07, 6.45) is 0.741. The molecule has 0 aliphatic heterocycles. The summed E-state index contributed by atoms with van der Waals surface area (Å²) in [7, 11) is 0. The van der Waals surface area contributed by atoms with E-state index in [0.717, 1.165) is 18.4 Å². The fourth-order valence-corrected chi connectivity index (χ4v) is 3.87. The van der Waals surface area contributed by atoms with Crippen molar-refractivity contribution < 1.29 is 24.2 Å². The van der Waals surface area contributed by atoms with Gasteiger partial charge in [0.05, 0.1) is 0 Å². The number of amides is 3. The predicted octanol–water partition coefficient (Wildman–Crippen LogP) is 4.59. The van der Waals surface area contributed by atoms with Gasteiger partial charge in [0.1, 0.15) is 23.4 Å². The maximum absolute atomic E-state index is 13.7. The number of nitrogens with one attached hydrogen (secondary N) is 2. The fourth-order valence-electron chi connectivity index (χ4n) is 3.87. The Morgan fingerprint density at radius 2 is 1.66 bits per heavy atom. The van der Waals surface area contributed by atoms with Crippen LogP contribution in [0, 0.1) is 13.8 Å². The van der Waals surface area contributed by atoms with Gasteiger partial charge in [-0.15, -0.1) is 0 Å². The predicted molar refractivity (Wildman–Crippen MR) is 134 cm³/mol. The third-order valence-electron chi connectivity index (χ3n) is 5.79. The number of carbonyl (C=O) groups excluding carboxylic acids is 3. The summed E-state index contributed by atoms with van der Waals surface area (Å²) in [6, 6.07) is 10.3. The average Bonchev–Trinajstić information content (AvgIpc) is 3.59. The second-order valence-electron chi connectivity index (χ2n) is 10.1. The molecule has 188 valence electrons. The molecule has 35 heavy (non-hydrogen) atoms. The summed E-state index contributed by atoms with van der Waals surface area (Å²) in [6.45, 7) is 10.4. The lowest BCUT2D eigenvalue weighted by Gasteiger charge is -2.34. The molecule has 1 aliphatic rings. The monoisotopic (exact) mass is 481 g/mol. The molecule has 1 fully saturated rings. The maximum atomic E-state index is 13.7. The van der Waals surface area contributed by atoms with Crippen molar-refractivity contribution in [3.8, 4) is 5.75 Å². The summed E-state index contributed by atoms with van der Waals surface area (Å²) in [5.74, 6) is -0.905. The molecule has 3 N–H and O–H groups in total. The highest BCUT2D eigenvalue weighted by molar-refractivity contribution is 6.00.